The lowest BCUT2D eigenvalue weighted by Gasteiger charge is -2.26. The van der Waals surface area contributed by atoms with Gasteiger partial charge in [-0.1, -0.05) is 50.2 Å². The maximum atomic E-state index is 12.3. The zero-order chi connectivity index (χ0) is 19.9. The smallest absolute Gasteiger partial charge is 0.258 e. The van der Waals surface area contributed by atoms with Crippen molar-refractivity contribution >= 4 is 21.6 Å². The summed E-state index contributed by atoms with van der Waals surface area (Å²) >= 11 is 0. The van der Waals surface area contributed by atoms with Crippen LogP contribution in [0.5, 0.6) is 5.75 Å². The van der Waals surface area contributed by atoms with Crippen LogP contribution in [0.25, 0.3) is 0 Å². The monoisotopic (exact) mass is 390 g/mol. The topological polar surface area (TPSA) is 75.7 Å². The molecule has 1 amide bonds. The fraction of sp³-hybridized carbons (Fsp3) is 0.350. The summed E-state index contributed by atoms with van der Waals surface area (Å²) in [4.78, 5) is 12.0. The summed E-state index contributed by atoms with van der Waals surface area (Å²) < 4.78 is 31.3. The van der Waals surface area contributed by atoms with Gasteiger partial charge in [0.15, 0.2) is 6.61 Å². The van der Waals surface area contributed by atoms with Crippen molar-refractivity contribution in [2.24, 2.45) is 0 Å². The number of ether oxygens (including phenoxy) is 1. The molecule has 7 heteroatoms. The highest BCUT2D eigenvalue weighted by Crippen LogP contribution is 2.28. The molecule has 0 unspecified atom stereocenters. The lowest BCUT2D eigenvalue weighted by molar-refractivity contribution is -0.123. The Balaban J connectivity index is 1.97. The highest BCUT2D eigenvalue weighted by Gasteiger charge is 2.21. The van der Waals surface area contributed by atoms with Crippen LogP contribution in [0.15, 0.2) is 54.6 Å². The summed E-state index contributed by atoms with van der Waals surface area (Å²) in [6.07, 6.45) is 1.17. The van der Waals surface area contributed by atoms with E-state index in [2.05, 4.69) is 5.32 Å². The molecule has 0 bridgehead atoms. The van der Waals surface area contributed by atoms with Crippen LogP contribution in [0.1, 0.15) is 25.3 Å². The van der Waals surface area contributed by atoms with Gasteiger partial charge in [0.2, 0.25) is 10.0 Å². The molecule has 0 fully saturated rings. The number of amides is 1. The maximum absolute atomic E-state index is 12.3. The summed E-state index contributed by atoms with van der Waals surface area (Å²) in [6.45, 7) is 4.26. The molecular weight excluding hydrogens is 364 g/mol. The number of hydrogen-bond donors (Lipinski definition) is 1. The Kier molecular flexibility index (Phi) is 7.24. The van der Waals surface area contributed by atoms with E-state index in [1.165, 1.54) is 10.6 Å². The second-order valence-corrected chi connectivity index (χ2v) is 8.41. The zero-order valence-electron chi connectivity index (χ0n) is 15.9. The number of benzene rings is 2. The van der Waals surface area contributed by atoms with Crippen molar-refractivity contribution in [2.45, 2.75) is 19.8 Å². The van der Waals surface area contributed by atoms with E-state index in [1.807, 2.05) is 50.2 Å². The minimum absolute atomic E-state index is 0.120. The molecule has 1 N–H and O–H groups in total. The van der Waals surface area contributed by atoms with Gasteiger partial charge >= 0.3 is 0 Å². The van der Waals surface area contributed by atoms with E-state index >= 15 is 0 Å². The van der Waals surface area contributed by atoms with Crippen LogP contribution < -0.4 is 14.4 Å². The molecule has 0 aliphatic heterocycles. The van der Waals surface area contributed by atoms with Crippen LogP contribution in [0.2, 0.25) is 0 Å². The Morgan fingerprint density at radius 2 is 1.70 bits per heavy atom. The highest BCUT2D eigenvalue weighted by molar-refractivity contribution is 7.92. The molecule has 0 heterocycles. The third-order valence-corrected chi connectivity index (χ3v) is 5.16. The molecule has 0 aliphatic carbocycles. The minimum Gasteiger partial charge on any atom is -0.484 e. The Labute approximate surface area is 161 Å². The van der Waals surface area contributed by atoms with Crippen molar-refractivity contribution in [3.63, 3.8) is 0 Å². The van der Waals surface area contributed by atoms with Crippen LogP contribution >= 0.6 is 0 Å². The van der Waals surface area contributed by atoms with E-state index in [0.717, 1.165) is 5.56 Å². The average molecular weight is 391 g/mol. The Bertz CT molecular complexity index is 851. The molecule has 0 saturated heterocycles. The number of para-hydroxylation sites is 2. The summed E-state index contributed by atoms with van der Waals surface area (Å²) in [5, 5.41) is 2.70. The predicted molar refractivity (Wildman–Crippen MR) is 108 cm³/mol. The van der Waals surface area contributed by atoms with Crippen molar-refractivity contribution in [1.29, 1.82) is 0 Å². The van der Waals surface area contributed by atoms with E-state index in [0.29, 0.717) is 11.4 Å². The van der Waals surface area contributed by atoms with Crippen molar-refractivity contribution in [3.8, 4) is 5.75 Å². The molecule has 0 radical (unpaired) electrons. The molecule has 0 aromatic heterocycles. The van der Waals surface area contributed by atoms with E-state index < -0.39 is 10.0 Å². The average Bonchev–Trinajstić information content (AvgIpc) is 2.63. The van der Waals surface area contributed by atoms with Gasteiger partial charge in [-0.05, 0) is 29.7 Å². The number of anilines is 1. The molecule has 146 valence electrons. The Morgan fingerprint density at radius 1 is 1.07 bits per heavy atom. The number of rotatable bonds is 9. The van der Waals surface area contributed by atoms with Crippen LogP contribution in [-0.2, 0) is 14.8 Å². The van der Waals surface area contributed by atoms with E-state index in [4.69, 9.17) is 4.74 Å². The SMILES string of the molecule is CC(C)c1ccccc1N(CCNC(=O)COc1ccccc1)S(C)(=O)=O. The van der Waals surface area contributed by atoms with Crippen LogP contribution in [0, 0.1) is 0 Å². The van der Waals surface area contributed by atoms with Crippen LogP contribution in [0.3, 0.4) is 0 Å². The van der Waals surface area contributed by atoms with Gasteiger partial charge in [0.05, 0.1) is 18.5 Å². The van der Waals surface area contributed by atoms with Gasteiger partial charge in [-0.25, -0.2) is 8.42 Å². The Hall–Kier alpha value is -2.54. The number of sulfonamides is 1. The number of carbonyl (C=O) groups is 1. The third kappa shape index (κ3) is 6.29. The van der Waals surface area contributed by atoms with Gasteiger partial charge in [-0.2, -0.15) is 0 Å². The molecule has 0 aliphatic rings. The minimum atomic E-state index is -3.48. The second-order valence-electron chi connectivity index (χ2n) is 6.50. The summed E-state index contributed by atoms with van der Waals surface area (Å²) in [7, 11) is -3.48. The maximum Gasteiger partial charge on any atom is 0.258 e. The lowest BCUT2D eigenvalue weighted by Crippen LogP contribution is -2.40. The summed E-state index contributed by atoms with van der Waals surface area (Å²) in [5.74, 6) is 0.486. The predicted octanol–water partition coefficient (Wildman–Crippen LogP) is 2.77. The molecule has 2 aromatic rings. The fourth-order valence-corrected chi connectivity index (χ4v) is 3.63. The van der Waals surface area contributed by atoms with Gasteiger partial charge in [0.1, 0.15) is 5.75 Å². The second kappa shape index (κ2) is 9.41. The van der Waals surface area contributed by atoms with Gasteiger partial charge in [-0.15, -0.1) is 0 Å². The molecule has 6 nitrogen and oxygen atoms in total. The highest BCUT2D eigenvalue weighted by atomic mass is 32.2. The number of nitrogens with zero attached hydrogens (tertiary/aromatic N) is 1. The largest absolute Gasteiger partial charge is 0.484 e. The number of nitrogens with one attached hydrogen (secondary N) is 1. The normalized spacial score (nSPS) is 11.3. The van der Waals surface area contributed by atoms with E-state index in [1.54, 1.807) is 18.2 Å². The lowest BCUT2D eigenvalue weighted by atomic mass is 10.0. The molecular formula is C20H26N2O4S. The first-order valence-electron chi connectivity index (χ1n) is 8.80. The van der Waals surface area contributed by atoms with Crippen molar-refractivity contribution in [3.05, 3.63) is 60.2 Å². The quantitative estimate of drug-likeness (QED) is 0.714. The van der Waals surface area contributed by atoms with E-state index in [9.17, 15) is 13.2 Å². The fourth-order valence-electron chi connectivity index (χ4n) is 2.68. The van der Waals surface area contributed by atoms with Gasteiger partial charge in [0.25, 0.3) is 5.91 Å². The third-order valence-electron chi connectivity index (χ3n) is 3.98. The van der Waals surface area contributed by atoms with Gasteiger partial charge < -0.3 is 10.1 Å². The Morgan fingerprint density at radius 3 is 2.33 bits per heavy atom. The summed E-state index contributed by atoms with van der Waals surface area (Å²) in [6, 6.07) is 16.5. The first kappa shape index (κ1) is 20.8. The first-order valence-corrected chi connectivity index (χ1v) is 10.6. The van der Waals surface area contributed by atoms with Gasteiger partial charge in [-0.3, -0.25) is 9.10 Å². The van der Waals surface area contributed by atoms with Crippen LogP contribution in [-0.4, -0.2) is 40.3 Å². The van der Waals surface area contributed by atoms with Crippen LogP contribution in [0.4, 0.5) is 5.69 Å². The number of carbonyl (C=O) groups excluding carboxylic acids is 1. The van der Waals surface area contributed by atoms with Crippen molar-refractivity contribution in [1.82, 2.24) is 5.32 Å². The van der Waals surface area contributed by atoms with Crippen molar-refractivity contribution in [2.75, 3.05) is 30.3 Å². The summed E-state index contributed by atoms with van der Waals surface area (Å²) in [5.41, 5.74) is 1.59. The molecule has 2 rings (SSSR count). The molecule has 27 heavy (non-hydrogen) atoms. The first-order chi connectivity index (χ1) is 12.8. The molecule has 2 aromatic carbocycles. The zero-order valence-corrected chi connectivity index (χ0v) is 16.7. The molecule has 0 spiro atoms. The molecule has 0 atom stereocenters. The molecule has 0 saturated carbocycles. The van der Waals surface area contributed by atoms with Crippen molar-refractivity contribution < 1.29 is 17.9 Å². The standard InChI is InChI=1S/C20H26N2O4S/c1-16(2)18-11-7-8-12-19(18)22(27(3,24)25)14-13-21-20(23)15-26-17-9-5-4-6-10-17/h4-12,16H,13-15H2,1-3H3,(H,21,23). The van der Waals surface area contributed by atoms with E-state index in [-0.39, 0.29) is 31.5 Å². The van der Waals surface area contributed by atoms with Gasteiger partial charge in [0, 0.05) is 6.54 Å². The number of hydrogen-bond acceptors (Lipinski definition) is 4.